The lowest BCUT2D eigenvalue weighted by molar-refractivity contribution is -0.118. The molecule has 2 aromatic heterocycles. The van der Waals surface area contributed by atoms with Gasteiger partial charge in [-0.05, 0) is 12.5 Å². The summed E-state index contributed by atoms with van der Waals surface area (Å²) in [6.45, 7) is 0.667. The second kappa shape index (κ2) is 4.61. The minimum atomic E-state index is -0.280. The number of nitrogens with one attached hydrogen (secondary N) is 1. The smallest absolute Gasteiger partial charge is 0.217 e. The highest BCUT2D eigenvalue weighted by Crippen LogP contribution is 2.11. The van der Waals surface area contributed by atoms with E-state index >= 15 is 0 Å². The van der Waals surface area contributed by atoms with Gasteiger partial charge in [0.15, 0.2) is 5.82 Å². The van der Waals surface area contributed by atoms with Gasteiger partial charge in [0.1, 0.15) is 5.52 Å². The zero-order valence-electron chi connectivity index (χ0n) is 8.76. The van der Waals surface area contributed by atoms with Gasteiger partial charge in [-0.3, -0.25) is 4.79 Å². The summed E-state index contributed by atoms with van der Waals surface area (Å²) in [6.07, 6.45) is 6.26. The van der Waals surface area contributed by atoms with Crippen LogP contribution in [0, 0.1) is 0 Å². The van der Waals surface area contributed by atoms with Crippen molar-refractivity contribution in [1.29, 1.82) is 0 Å². The Kier molecular flexibility index (Phi) is 3.00. The molecule has 0 aliphatic carbocycles. The lowest BCUT2D eigenvalue weighted by atomic mass is 10.3. The van der Waals surface area contributed by atoms with Crippen molar-refractivity contribution in [2.75, 3.05) is 11.9 Å². The van der Waals surface area contributed by atoms with Crippen molar-refractivity contribution in [3.05, 3.63) is 24.7 Å². The molecule has 0 aliphatic heterocycles. The number of nitrogens with zero attached hydrogens (tertiary/aromatic N) is 3. The number of carbonyl (C=O) groups is 1. The molecule has 16 heavy (non-hydrogen) atoms. The van der Waals surface area contributed by atoms with E-state index in [0.29, 0.717) is 19.4 Å². The van der Waals surface area contributed by atoms with E-state index in [4.69, 9.17) is 5.73 Å². The molecule has 0 bridgehead atoms. The van der Waals surface area contributed by atoms with E-state index in [1.54, 1.807) is 23.1 Å². The van der Waals surface area contributed by atoms with Crippen molar-refractivity contribution in [3.63, 3.8) is 0 Å². The second-order valence-electron chi connectivity index (χ2n) is 3.43. The fourth-order valence-corrected chi connectivity index (χ4v) is 1.46. The van der Waals surface area contributed by atoms with Crippen LogP contribution in [-0.2, 0) is 4.79 Å². The zero-order chi connectivity index (χ0) is 11.4. The first-order chi connectivity index (χ1) is 7.77. The van der Waals surface area contributed by atoms with Gasteiger partial charge in [-0.15, -0.1) is 0 Å². The van der Waals surface area contributed by atoms with Crippen LogP contribution >= 0.6 is 0 Å². The molecule has 0 radical (unpaired) electrons. The van der Waals surface area contributed by atoms with Crippen molar-refractivity contribution < 1.29 is 4.79 Å². The van der Waals surface area contributed by atoms with Gasteiger partial charge < -0.3 is 11.1 Å². The van der Waals surface area contributed by atoms with Gasteiger partial charge in [0.25, 0.3) is 0 Å². The summed E-state index contributed by atoms with van der Waals surface area (Å²) in [5.41, 5.74) is 5.97. The third-order valence-corrected chi connectivity index (χ3v) is 2.22. The van der Waals surface area contributed by atoms with Gasteiger partial charge in [0.05, 0.1) is 6.20 Å². The van der Waals surface area contributed by atoms with Crippen LogP contribution in [0.25, 0.3) is 5.52 Å². The molecule has 0 spiro atoms. The minimum absolute atomic E-state index is 0.280. The molecule has 1 amide bonds. The lowest BCUT2D eigenvalue weighted by Crippen LogP contribution is -2.13. The summed E-state index contributed by atoms with van der Waals surface area (Å²) in [7, 11) is 0. The molecule has 6 heteroatoms. The average Bonchev–Trinajstić information content (AvgIpc) is 2.72. The number of hydrogen-bond acceptors (Lipinski definition) is 4. The third-order valence-electron chi connectivity index (χ3n) is 2.22. The van der Waals surface area contributed by atoms with Crippen LogP contribution in [0.3, 0.4) is 0 Å². The monoisotopic (exact) mass is 219 g/mol. The Hall–Kier alpha value is -2.11. The number of nitrogens with two attached hydrogens (primary N) is 1. The molecule has 0 saturated heterocycles. The van der Waals surface area contributed by atoms with E-state index < -0.39 is 0 Å². The number of rotatable bonds is 5. The van der Waals surface area contributed by atoms with Crippen molar-refractivity contribution in [2.24, 2.45) is 5.73 Å². The Bertz CT molecular complexity index is 493. The first kappa shape index (κ1) is 10.4. The number of hydrogen-bond donors (Lipinski definition) is 2. The Labute approximate surface area is 92.5 Å². The van der Waals surface area contributed by atoms with Crippen molar-refractivity contribution in [2.45, 2.75) is 12.8 Å². The first-order valence-electron chi connectivity index (χ1n) is 5.08. The lowest BCUT2D eigenvalue weighted by Gasteiger charge is -2.05. The van der Waals surface area contributed by atoms with Gasteiger partial charge in [-0.25, -0.2) is 9.50 Å². The van der Waals surface area contributed by atoms with Crippen molar-refractivity contribution >= 4 is 17.2 Å². The maximum Gasteiger partial charge on any atom is 0.217 e. The first-order valence-corrected chi connectivity index (χ1v) is 5.08. The van der Waals surface area contributed by atoms with E-state index in [1.807, 2.05) is 6.07 Å². The Morgan fingerprint density at radius 3 is 3.19 bits per heavy atom. The number of amides is 1. The van der Waals surface area contributed by atoms with Crippen LogP contribution in [0.4, 0.5) is 5.82 Å². The topological polar surface area (TPSA) is 85.3 Å². The molecular weight excluding hydrogens is 206 g/mol. The maximum absolute atomic E-state index is 10.5. The molecule has 0 aromatic carbocycles. The molecule has 0 unspecified atom stereocenters. The van der Waals surface area contributed by atoms with Gasteiger partial charge in [0, 0.05) is 25.4 Å². The summed E-state index contributed by atoms with van der Waals surface area (Å²) in [6, 6.07) is 1.88. The van der Waals surface area contributed by atoms with Crippen molar-refractivity contribution in [3.8, 4) is 0 Å². The molecule has 2 aromatic rings. The van der Waals surface area contributed by atoms with Crippen LogP contribution in [0.5, 0.6) is 0 Å². The van der Waals surface area contributed by atoms with E-state index in [9.17, 15) is 4.79 Å². The molecule has 0 fully saturated rings. The number of fused-ring (bicyclic) bond motifs is 1. The van der Waals surface area contributed by atoms with E-state index in [0.717, 1.165) is 11.3 Å². The molecule has 0 saturated carbocycles. The molecule has 2 heterocycles. The predicted octanol–water partition coefficient (Wildman–Crippen LogP) is 0.407. The maximum atomic E-state index is 10.5. The Balaban J connectivity index is 1.98. The molecule has 0 atom stereocenters. The zero-order valence-corrected chi connectivity index (χ0v) is 8.76. The fraction of sp³-hybridized carbons (Fsp3) is 0.300. The van der Waals surface area contributed by atoms with Gasteiger partial charge >= 0.3 is 0 Å². The highest BCUT2D eigenvalue weighted by Gasteiger charge is 2.02. The highest BCUT2D eigenvalue weighted by molar-refractivity contribution is 5.73. The molecule has 6 nitrogen and oxygen atoms in total. The Morgan fingerprint density at radius 1 is 1.50 bits per heavy atom. The molecule has 2 rings (SSSR count). The summed E-state index contributed by atoms with van der Waals surface area (Å²) >= 11 is 0. The SMILES string of the molecule is NC(=O)CCCNc1nccn2nccc12. The normalized spacial score (nSPS) is 10.5. The quantitative estimate of drug-likeness (QED) is 0.713. The largest absolute Gasteiger partial charge is 0.370 e. The number of anilines is 1. The van der Waals surface area contributed by atoms with Crippen LogP contribution < -0.4 is 11.1 Å². The molecule has 84 valence electrons. The summed E-state index contributed by atoms with van der Waals surface area (Å²) in [4.78, 5) is 14.8. The predicted molar refractivity (Wildman–Crippen MR) is 59.9 cm³/mol. The standard InChI is InChI=1S/C10H13N5O/c11-9(16)2-1-4-12-10-8-3-5-14-15(8)7-6-13-10/h3,5-7H,1-2,4H2,(H2,11,16)(H,12,13). The highest BCUT2D eigenvalue weighted by atomic mass is 16.1. The number of primary amides is 1. The van der Waals surface area contributed by atoms with E-state index in [1.165, 1.54) is 0 Å². The van der Waals surface area contributed by atoms with Gasteiger partial charge in [-0.1, -0.05) is 0 Å². The fourth-order valence-electron chi connectivity index (χ4n) is 1.46. The second-order valence-corrected chi connectivity index (χ2v) is 3.43. The third kappa shape index (κ3) is 2.28. The van der Waals surface area contributed by atoms with Crippen LogP contribution in [-0.4, -0.2) is 27.0 Å². The number of aromatic nitrogens is 3. The van der Waals surface area contributed by atoms with Crippen LogP contribution in [0.1, 0.15) is 12.8 Å². The van der Waals surface area contributed by atoms with Gasteiger partial charge in [0.2, 0.25) is 5.91 Å². The molecule has 0 aliphatic rings. The number of carbonyl (C=O) groups excluding carboxylic acids is 1. The van der Waals surface area contributed by atoms with Crippen LogP contribution in [0.2, 0.25) is 0 Å². The molecule has 3 N–H and O–H groups in total. The summed E-state index contributed by atoms with van der Waals surface area (Å²) < 4.78 is 1.74. The van der Waals surface area contributed by atoms with Crippen molar-refractivity contribution in [1.82, 2.24) is 14.6 Å². The summed E-state index contributed by atoms with van der Waals surface area (Å²) in [5, 5.41) is 7.25. The van der Waals surface area contributed by atoms with E-state index in [2.05, 4.69) is 15.4 Å². The van der Waals surface area contributed by atoms with Gasteiger partial charge in [-0.2, -0.15) is 5.10 Å². The summed E-state index contributed by atoms with van der Waals surface area (Å²) in [5.74, 6) is 0.488. The molecular formula is C10H13N5O. The minimum Gasteiger partial charge on any atom is -0.370 e. The average molecular weight is 219 g/mol. The van der Waals surface area contributed by atoms with E-state index in [-0.39, 0.29) is 5.91 Å². The van der Waals surface area contributed by atoms with Crippen LogP contribution in [0.15, 0.2) is 24.7 Å². The Morgan fingerprint density at radius 2 is 2.38 bits per heavy atom.